The van der Waals surface area contributed by atoms with Crippen LogP contribution in [0.4, 0.5) is 0 Å². The summed E-state index contributed by atoms with van der Waals surface area (Å²) >= 11 is 13.9. The molecule has 0 aromatic heterocycles. The first-order valence-electron chi connectivity index (χ1n) is 6.05. The van der Waals surface area contributed by atoms with E-state index in [1.807, 2.05) is 0 Å². The molecule has 140 valence electrons. The van der Waals surface area contributed by atoms with Gasteiger partial charge in [0.15, 0.2) is 0 Å². The second-order valence-electron chi connectivity index (χ2n) is 3.76. The summed E-state index contributed by atoms with van der Waals surface area (Å²) in [4.78, 5) is 28.7. The Kier molecular flexibility index (Phi) is 29.4. The van der Waals surface area contributed by atoms with Gasteiger partial charge < -0.3 is 15.3 Å². The van der Waals surface area contributed by atoms with Crippen molar-refractivity contribution in [1.29, 1.82) is 0 Å². The first-order valence-corrected chi connectivity index (χ1v) is 8.03. The highest BCUT2D eigenvalue weighted by Crippen LogP contribution is 2.15. The van der Waals surface area contributed by atoms with Crippen molar-refractivity contribution in [3.05, 3.63) is 38.0 Å². The number of carbonyl (C=O) groups excluding carboxylic acids is 3. The highest BCUT2D eigenvalue weighted by Gasteiger charge is 2.25. The maximum absolute atomic E-state index is 9.56. The minimum atomic E-state index is -0.802. The van der Waals surface area contributed by atoms with Crippen LogP contribution in [-0.4, -0.2) is 56.2 Å². The van der Waals surface area contributed by atoms with Crippen LogP contribution in [-0.2, 0) is 14.4 Å². The third kappa shape index (κ3) is 29.5. The van der Waals surface area contributed by atoms with Crippen LogP contribution >= 0.6 is 50.5 Å². The van der Waals surface area contributed by atoms with E-state index in [0.29, 0.717) is 0 Å². The van der Waals surface area contributed by atoms with E-state index in [1.54, 1.807) is 0 Å². The van der Waals surface area contributed by atoms with Gasteiger partial charge in [-0.25, -0.2) is 0 Å². The molecule has 0 rings (SSSR count). The Balaban J connectivity index is -0.000000116. The minimum absolute atomic E-state index is 0.233. The zero-order chi connectivity index (χ0) is 20.2. The topological polar surface area (TPSA) is 112 Å². The maximum Gasteiger partial charge on any atom is 0.208 e. The van der Waals surface area contributed by atoms with Gasteiger partial charge in [-0.1, -0.05) is 19.7 Å². The van der Waals surface area contributed by atoms with Crippen LogP contribution in [0.2, 0.25) is 0 Å². The van der Waals surface area contributed by atoms with Gasteiger partial charge in [0.2, 0.25) is 15.3 Å². The normalized spacial score (nSPS) is 8.62. The van der Waals surface area contributed by atoms with Crippen molar-refractivity contribution in [1.82, 2.24) is 0 Å². The molecular weight excluding hydrogens is 392 g/mol. The van der Waals surface area contributed by atoms with E-state index < -0.39 is 5.41 Å². The van der Waals surface area contributed by atoms with Gasteiger partial charge in [0.1, 0.15) is 0 Å². The standard InChI is InChI=1S/C5H12O3S.3C3H4OS/c6-1-5(2-7,3-8)4-9;3*1-2-3(4)5/h6-9H,1-4H2;3*2H,1H2,(H,4,5). The quantitative estimate of drug-likeness (QED) is 0.244. The molecule has 0 saturated carbocycles. The Morgan fingerprint density at radius 1 is 0.750 bits per heavy atom. The van der Waals surface area contributed by atoms with Gasteiger partial charge in [0, 0.05) is 11.2 Å². The lowest BCUT2D eigenvalue weighted by atomic mass is 9.94. The van der Waals surface area contributed by atoms with Crippen LogP contribution in [0, 0.1) is 5.41 Å². The van der Waals surface area contributed by atoms with Crippen molar-refractivity contribution in [3.8, 4) is 0 Å². The molecule has 0 fully saturated rings. The number of rotatable bonds is 7. The van der Waals surface area contributed by atoms with E-state index in [4.69, 9.17) is 15.3 Å². The highest BCUT2D eigenvalue weighted by molar-refractivity contribution is 7.97. The number of thiol groups is 4. The molecule has 0 saturated heterocycles. The van der Waals surface area contributed by atoms with E-state index in [1.165, 1.54) is 0 Å². The first-order chi connectivity index (χ1) is 11.1. The van der Waals surface area contributed by atoms with E-state index in [-0.39, 0.29) is 40.9 Å². The van der Waals surface area contributed by atoms with Crippen LogP contribution in [0.15, 0.2) is 38.0 Å². The number of aliphatic hydroxyl groups excluding tert-OH is 3. The zero-order valence-electron chi connectivity index (χ0n) is 13.0. The molecule has 0 unspecified atom stereocenters. The van der Waals surface area contributed by atoms with Crippen LogP contribution in [0.1, 0.15) is 0 Å². The monoisotopic (exact) mass is 416 g/mol. The number of hydrogen-bond donors (Lipinski definition) is 7. The molecule has 0 spiro atoms. The van der Waals surface area contributed by atoms with Gasteiger partial charge >= 0.3 is 0 Å². The maximum atomic E-state index is 9.56. The molecule has 0 aromatic rings. The van der Waals surface area contributed by atoms with Crippen LogP contribution < -0.4 is 0 Å². The molecule has 0 aliphatic heterocycles. The molecule has 0 radical (unpaired) electrons. The van der Waals surface area contributed by atoms with Crippen LogP contribution in [0.25, 0.3) is 0 Å². The largest absolute Gasteiger partial charge is 0.396 e. The fourth-order valence-corrected chi connectivity index (χ4v) is 0.600. The molecule has 0 amide bonds. The fourth-order valence-electron chi connectivity index (χ4n) is 0.300. The van der Waals surface area contributed by atoms with E-state index in [2.05, 4.69) is 70.3 Å². The lowest BCUT2D eigenvalue weighted by molar-refractivity contribution is -0.107. The van der Waals surface area contributed by atoms with Crippen molar-refractivity contribution < 1.29 is 29.7 Å². The van der Waals surface area contributed by atoms with Crippen molar-refractivity contribution in [3.63, 3.8) is 0 Å². The number of hydrogen-bond acceptors (Lipinski definition) is 7. The van der Waals surface area contributed by atoms with E-state index >= 15 is 0 Å². The Bertz CT molecular complexity index is 334. The van der Waals surface area contributed by atoms with Gasteiger partial charge in [-0.15, -0.1) is 37.9 Å². The summed E-state index contributed by atoms with van der Waals surface area (Å²) in [7, 11) is 0. The second kappa shape index (κ2) is 22.5. The fraction of sp³-hybridized carbons (Fsp3) is 0.357. The summed E-state index contributed by atoms with van der Waals surface area (Å²) in [6.45, 7) is 8.70. The third-order valence-electron chi connectivity index (χ3n) is 1.87. The molecule has 24 heavy (non-hydrogen) atoms. The van der Waals surface area contributed by atoms with Gasteiger partial charge in [-0.2, -0.15) is 12.6 Å². The molecule has 0 bridgehead atoms. The molecule has 0 aliphatic rings. The Labute approximate surface area is 164 Å². The smallest absolute Gasteiger partial charge is 0.208 e. The molecular formula is C14H24O6S4. The summed E-state index contributed by atoms with van der Waals surface area (Å²) in [5.74, 6) is 0.288. The lowest BCUT2D eigenvalue weighted by Crippen LogP contribution is -2.35. The summed E-state index contributed by atoms with van der Waals surface area (Å²) in [5, 5.41) is 25.0. The molecule has 3 N–H and O–H groups in total. The summed E-state index contributed by atoms with van der Waals surface area (Å²) in [6.07, 6.45) is 3.43. The number of carbonyl (C=O) groups is 3. The third-order valence-corrected chi connectivity index (χ3v) is 3.08. The Hall–Kier alpha value is -0.490. The highest BCUT2D eigenvalue weighted by atomic mass is 32.1. The SMILES string of the molecule is C=CC(=O)S.C=CC(=O)S.C=CC(=O)S.OCC(CO)(CO)CS. The van der Waals surface area contributed by atoms with Crippen molar-refractivity contribution in [2.24, 2.45) is 5.41 Å². The van der Waals surface area contributed by atoms with Crippen LogP contribution in [0.3, 0.4) is 0 Å². The first kappa shape index (κ1) is 31.3. The molecule has 0 aromatic carbocycles. The predicted molar refractivity (Wildman–Crippen MR) is 110 cm³/mol. The zero-order valence-corrected chi connectivity index (χ0v) is 16.6. The molecule has 0 aliphatic carbocycles. The number of aliphatic hydroxyl groups is 3. The molecule has 0 heterocycles. The van der Waals surface area contributed by atoms with Crippen molar-refractivity contribution >= 4 is 65.9 Å². The second-order valence-corrected chi connectivity index (χ2v) is 5.40. The van der Waals surface area contributed by atoms with Crippen molar-refractivity contribution in [2.45, 2.75) is 0 Å². The van der Waals surface area contributed by atoms with Crippen molar-refractivity contribution in [2.75, 3.05) is 25.6 Å². The van der Waals surface area contributed by atoms with Gasteiger partial charge in [-0.3, -0.25) is 14.4 Å². The van der Waals surface area contributed by atoms with E-state index in [9.17, 15) is 14.4 Å². The molecule has 10 heteroatoms. The van der Waals surface area contributed by atoms with Crippen LogP contribution in [0.5, 0.6) is 0 Å². The average Bonchev–Trinajstić information content (AvgIpc) is 2.59. The summed E-state index contributed by atoms with van der Waals surface area (Å²) in [6, 6.07) is 0. The summed E-state index contributed by atoms with van der Waals surface area (Å²) in [5.41, 5.74) is -0.802. The molecule has 0 atom stereocenters. The average molecular weight is 417 g/mol. The van der Waals surface area contributed by atoms with Gasteiger partial charge in [0.05, 0.1) is 19.8 Å². The Morgan fingerprint density at radius 3 is 0.917 bits per heavy atom. The predicted octanol–water partition coefficient (Wildman–Crippen LogP) is 0.766. The Morgan fingerprint density at radius 2 is 0.917 bits per heavy atom. The van der Waals surface area contributed by atoms with E-state index in [0.717, 1.165) is 18.2 Å². The summed E-state index contributed by atoms with van der Waals surface area (Å²) < 4.78 is 0. The molecule has 6 nitrogen and oxygen atoms in total. The van der Waals surface area contributed by atoms with Gasteiger partial charge in [0.25, 0.3) is 0 Å². The van der Waals surface area contributed by atoms with Gasteiger partial charge in [-0.05, 0) is 18.2 Å². The lowest BCUT2D eigenvalue weighted by Gasteiger charge is -2.24. The minimum Gasteiger partial charge on any atom is -0.396 e.